The van der Waals surface area contributed by atoms with E-state index in [0.717, 1.165) is 10.2 Å². The van der Waals surface area contributed by atoms with Gasteiger partial charge in [-0.25, -0.2) is 0 Å². The molecule has 2 aromatic carbocycles. The van der Waals surface area contributed by atoms with Gasteiger partial charge < -0.3 is 0 Å². The van der Waals surface area contributed by atoms with Gasteiger partial charge in [0.1, 0.15) is 0 Å². The van der Waals surface area contributed by atoms with E-state index in [-0.39, 0.29) is 20.4 Å². The second-order valence-electron chi connectivity index (χ2n) is 6.05. The van der Waals surface area contributed by atoms with Crippen LogP contribution >= 0.6 is 11.8 Å². The van der Waals surface area contributed by atoms with Crippen LogP contribution in [0.25, 0.3) is 0 Å². The van der Waals surface area contributed by atoms with Crippen LogP contribution in [0.1, 0.15) is 36.2 Å². The van der Waals surface area contributed by atoms with E-state index in [2.05, 4.69) is 32.0 Å². The topological polar surface area (TPSA) is 37.3 Å². The Morgan fingerprint density at radius 2 is 2.00 bits per heavy atom. The summed E-state index contributed by atoms with van der Waals surface area (Å²) in [5, 5.41) is 9.14. The summed E-state index contributed by atoms with van der Waals surface area (Å²) in [6, 6.07) is 13.9. The van der Waals surface area contributed by atoms with Gasteiger partial charge in [-0.2, -0.15) is 0 Å². The van der Waals surface area contributed by atoms with E-state index in [9.17, 15) is 4.79 Å². The third-order valence-corrected chi connectivity index (χ3v) is 7.62. The van der Waals surface area contributed by atoms with Crippen molar-refractivity contribution in [1.29, 1.82) is 0 Å². The number of benzene rings is 2. The molecule has 0 saturated heterocycles. The van der Waals surface area contributed by atoms with E-state index in [1.807, 2.05) is 23.9 Å². The van der Waals surface area contributed by atoms with E-state index >= 15 is 0 Å². The minimum atomic E-state index is -0.858. The first kappa shape index (κ1) is 15.7. The second kappa shape index (κ2) is 6.11. The Labute approximate surface area is 141 Å². The molecule has 0 aliphatic carbocycles. The monoisotopic (exact) mass is 378 g/mol. The van der Waals surface area contributed by atoms with E-state index in [0.29, 0.717) is 5.56 Å². The fraction of sp³-hybridized carbons (Fsp3) is 0.278. The van der Waals surface area contributed by atoms with Gasteiger partial charge >= 0.3 is 141 Å². The van der Waals surface area contributed by atoms with Crippen molar-refractivity contribution >= 4 is 41.6 Å². The van der Waals surface area contributed by atoms with E-state index in [1.165, 1.54) is 21.3 Å². The molecule has 22 heavy (non-hydrogen) atoms. The van der Waals surface area contributed by atoms with E-state index in [1.54, 1.807) is 12.1 Å². The fourth-order valence-corrected chi connectivity index (χ4v) is 6.72. The maximum absolute atomic E-state index is 11.1. The quantitative estimate of drug-likeness (QED) is 0.836. The zero-order valence-electron chi connectivity index (χ0n) is 12.6. The van der Waals surface area contributed by atoms with Crippen LogP contribution in [-0.4, -0.2) is 31.8 Å². The molecular weight excluding hydrogens is 359 g/mol. The number of thioether (sulfide) groups is 1. The number of hydrogen-bond donors (Lipinski definition) is 1. The molecule has 0 fully saturated rings. The Hall–Kier alpha value is -1.22. The number of fused-ring (bicyclic) bond motifs is 1. The predicted molar refractivity (Wildman–Crippen MR) is 93.2 cm³/mol. The van der Waals surface area contributed by atoms with Crippen LogP contribution < -0.4 is 8.92 Å². The van der Waals surface area contributed by atoms with Crippen molar-refractivity contribution in [2.24, 2.45) is 0 Å². The second-order valence-corrected chi connectivity index (χ2v) is 9.50. The third-order valence-electron chi connectivity index (χ3n) is 3.99. The van der Waals surface area contributed by atoms with Crippen molar-refractivity contribution in [3.63, 3.8) is 0 Å². The van der Waals surface area contributed by atoms with Gasteiger partial charge in [-0.1, -0.05) is 0 Å². The normalized spacial score (nSPS) is 16.1. The van der Waals surface area contributed by atoms with E-state index in [4.69, 9.17) is 5.11 Å². The molecule has 0 bridgehead atoms. The molecule has 3 rings (SSSR count). The molecule has 0 atom stereocenters. The van der Waals surface area contributed by atoms with Crippen LogP contribution in [0.3, 0.4) is 0 Å². The summed E-state index contributed by atoms with van der Waals surface area (Å²) in [6.07, 6.45) is 1.20. The first-order valence-corrected chi connectivity index (χ1v) is 9.95. The maximum atomic E-state index is 11.1. The Bertz CT molecular complexity index is 725. The van der Waals surface area contributed by atoms with Crippen LogP contribution in [0, 0.1) is 0 Å². The Kier molecular flexibility index (Phi) is 4.35. The standard InChI is InChI=1S/C18H18O2SSe/c1-18(2)9-10-21-16-14(18)7-4-8-15(16)22-13-6-3-5-12(11-13)17(19)20/h3-8,11H,9-10H2,1-2H3,(H,19,20). The predicted octanol–water partition coefficient (Wildman–Crippen LogP) is 2.81. The molecule has 0 amide bonds. The molecule has 2 nitrogen and oxygen atoms in total. The van der Waals surface area contributed by atoms with Crippen molar-refractivity contribution in [1.82, 2.24) is 0 Å². The summed E-state index contributed by atoms with van der Waals surface area (Å²) < 4.78 is 2.48. The van der Waals surface area contributed by atoms with Crippen molar-refractivity contribution < 1.29 is 9.90 Å². The molecule has 2 aromatic rings. The zero-order valence-corrected chi connectivity index (χ0v) is 15.2. The summed E-state index contributed by atoms with van der Waals surface area (Å²) in [4.78, 5) is 12.5. The van der Waals surface area contributed by atoms with Gasteiger partial charge in [0.2, 0.25) is 0 Å². The molecule has 0 spiro atoms. The number of carboxylic acids is 1. The summed E-state index contributed by atoms with van der Waals surface area (Å²) in [7, 11) is 0. The van der Waals surface area contributed by atoms with Crippen molar-refractivity contribution in [2.75, 3.05) is 5.75 Å². The molecule has 0 aromatic heterocycles. The van der Waals surface area contributed by atoms with Gasteiger partial charge in [0.05, 0.1) is 0 Å². The van der Waals surface area contributed by atoms with Crippen molar-refractivity contribution in [2.45, 2.75) is 30.6 Å². The van der Waals surface area contributed by atoms with Gasteiger partial charge in [-0.05, 0) is 0 Å². The summed E-state index contributed by atoms with van der Waals surface area (Å²) in [5.41, 5.74) is 2.05. The average molecular weight is 377 g/mol. The van der Waals surface area contributed by atoms with Crippen LogP contribution in [0.4, 0.5) is 0 Å². The minimum absolute atomic E-state index is 0.136. The number of aromatic carboxylic acids is 1. The average Bonchev–Trinajstić information content (AvgIpc) is 2.48. The number of rotatable bonds is 3. The molecule has 0 radical (unpaired) electrons. The molecule has 114 valence electrons. The Morgan fingerprint density at radius 3 is 2.77 bits per heavy atom. The number of carboxylic acid groups (broad SMARTS) is 1. The number of carbonyl (C=O) groups is 1. The summed E-state index contributed by atoms with van der Waals surface area (Å²) in [5.74, 6) is 0.297. The van der Waals surface area contributed by atoms with Gasteiger partial charge in [0, 0.05) is 0 Å². The van der Waals surface area contributed by atoms with Gasteiger partial charge in [-0.3, -0.25) is 0 Å². The van der Waals surface area contributed by atoms with Crippen LogP contribution in [0.15, 0.2) is 47.4 Å². The van der Waals surface area contributed by atoms with Crippen molar-refractivity contribution in [3.05, 3.63) is 53.6 Å². The zero-order chi connectivity index (χ0) is 15.7. The Morgan fingerprint density at radius 1 is 1.23 bits per heavy atom. The molecule has 0 unspecified atom stereocenters. The molecule has 0 saturated carbocycles. The summed E-state index contributed by atoms with van der Waals surface area (Å²) in [6.45, 7) is 4.63. The first-order chi connectivity index (χ1) is 10.5. The Balaban J connectivity index is 1.97. The van der Waals surface area contributed by atoms with Gasteiger partial charge in [0.25, 0.3) is 0 Å². The molecule has 1 N–H and O–H groups in total. The SMILES string of the molecule is CC1(C)CCSc2c([Se]c3cccc(C(=O)O)c3)cccc21. The van der Waals surface area contributed by atoms with Crippen LogP contribution in [0.5, 0.6) is 0 Å². The van der Waals surface area contributed by atoms with Gasteiger partial charge in [-0.15, -0.1) is 0 Å². The van der Waals surface area contributed by atoms with Crippen LogP contribution in [0.2, 0.25) is 0 Å². The summed E-state index contributed by atoms with van der Waals surface area (Å²) >= 11 is 2.08. The molecule has 4 heteroatoms. The molecule has 1 heterocycles. The first-order valence-electron chi connectivity index (χ1n) is 7.25. The van der Waals surface area contributed by atoms with E-state index < -0.39 is 5.97 Å². The van der Waals surface area contributed by atoms with Crippen LogP contribution in [-0.2, 0) is 5.41 Å². The third kappa shape index (κ3) is 3.10. The number of hydrogen-bond acceptors (Lipinski definition) is 2. The van der Waals surface area contributed by atoms with Crippen molar-refractivity contribution in [3.8, 4) is 0 Å². The molecule has 1 aliphatic heterocycles. The fourth-order valence-electron chi connectivity index (χ4n) is 2.64. The van der Waals surface area contributed by atoms with Gasteiger partial charge in [0.15, 0.2) is 0 Å². The molecule has 1 aliphatic rings. The molecular formula is C18H18O2SSe.